The second-order valence-electron chi connectivity index (χ2n) is 1.41. The Bertz CT molecular complexity index is 109. The fraction of sp³-hybridized carbons (Fsp3) is 0.500. The summed E-state index contributed by atoms with van der Waals surface area (Å²) in [7, 11) is 0. The molecule has 5 heteroatoms. The van der Waals surface area contributed by atoms with E-state index in [4.69, 9.17) is 0 Å². The lowest BCUT2D eigenvalue weighted by atomic mass is 10.4. The standard InChI is InChI=1S/C4H8N2O3/c5-4(9)6-2-1-3(7)8/h1-2H2,(H,7,8)(H3,5,6,9)/p-1. The summed E-state index contributed by atoms with van der Waals surface area (Å²) in [5.74, 6) is -1.20. The fourth-order valence-corrected chi connectivity index (χ4v) is 0.288. The minimum absolute atomic E-state index is 0.0255. The quantitative estimate of drug-likeness (QED) is 0.454. The van der Waals surface area contributed by atoms with Crippen molar-refractivity contribution in [2.75, 3.05) is 6.54 Å². The Balaban J connectivity index is 3.10. The number of hydrogen-bond acceptors (Lipinski definition) is 3. The van der Waals surface area contributed by atoms with E-state index in [1.165, 1.54) is 0 Å². The van der Waals surface area contributed by atoms with Gasteiger partial charge in [-0.2, -0.15) is 0 Å². The molecule has 0 fully saturated rings. The molecule has 0 heterocycles. The summed E-state index contributed by atoms with van der Waals surface area (Å²) < 4.78 is 0. The van der Waals surface area contributed by atoms with E-state index in [-0.39, 0.29) is 13.0 Å². The molecule has 0 atom stereocenters. The number of primary amides is 1. The number of carboxylic acids is 1. The predicted octanol–water partition coefficient (Wildman–Crippen LogP) is -2.21. The Morgan fingerprint density at radius 1 is 1.56 bits per heavy atom. The third-order valence-electron chi connectivity index (χ3n) is 0.628. The van der Waals surface area contributed by atoms with Crippen molar-refractivity contribution in [3.63, 3.8) is 0 Å². The Hall–Kier alpha value is -1.26. The number of hydrogen-bond donors (Lipinski definition) is 2. The molecule has 0 aliphatic rings. The van der Waals surface area contributed by atoms with Crippen LogP contribution in [0.5, 0.6) is 0 Å². The number of carbonyl (C=O) groups is 2. The Morgan fingerprint density at radius 2 is 2.11 bits per heavy atom. The first-order chi connectivity index (χ1) is 4.13. The lowest BCUT2D eigenvalue weighted by Gasteiger charge is -2.00. The predicted molar refractivity (Wildman–Crippen MR) is 27.2 cm³/mol. The van der Waals surface area contributed by atoms with Crippen LogP contribution in [0.1, 0.15) is 6.42 Å². The van der Waals surface area contributed by atoms with Crippen LogP contribution >= 0.6 is 0 Å². The largest absolute Gasteiger partial charge is 0.550 e. The van der Waals surface area contributed by atoms with Crippen LogP contribution < -0.4 is 16.2 Å². The van der Waals surface area contributed by atoms with Gasteiger partial charge in [0, 0.05) is 18.9 Å². The van der Waals surface area contributed by atoms with E-state index < -0.39 is 12.0 Å². The molecule has 5 nitrogen and oxygen atoms in total. The van der Waals surface area contributed by atoms with E-state index in [0.717, 1.165) is 0 Å². The SMILES string of the molecule is NC(=O)NCCC(=O)[O-]. The van der Waals surface area contributed by atoms with E-state index >= 15 is 0 Å². The summed E-state index contributed by atoms with van der Waals surface area (Å²) in [6.45, 7) is 0.0255. The molecule has 0 bridgehead atoms. The summed E-state index contributed by atoms with van der Waals surface area (Å²) >= 11 is 0. The average Bonchev–Trinajstić information content (AvgIpc) is 1.63. The Morgan fingerprint density at radius 3 is 2.44 bits per heavy atom. The highest BCUT2D eigenvalue weighted by Crippen LogP contribution is 1.69. The van der Waals surface area contributed by atoms with Crippen molar-refractivity contribution in [3.8, 4) is 0 Å². The molecular weight excluding hydrogens is 124 g/mol. The number of carbonyl (C=O) groups excluding carboxylic acids is 2. The third-order valence-corrected chi connectivity index (χ3v) is 0.628. The van der Waals surface area contributed by atoms with Gasteiger partial charge in [0.2, 0.25) is 0 Å². The van der Waals surface area contributed by atoms with Gasteiger partial charge in [-0.25, -0.2) is 4.79 Å². The van der Waals surface area contributed by atoms with E-state index in [1.807, 2.05) is 0 Å². The first-order valence-electron chi connectivity index (χ1n) is 2.36. The van der Waals surface area contributed by atoms with Gasteiger partial charge in [-0.05, 0) is 0 Å². The smallest absolute Gasteiger partial charge is 0.312 e. The maximum atomic E-state index is 9.88. The van der Waals surface area contributed by atoms with Crippen LogP contribution in [0.15, 0.2) is 0 Å². The van der Waals surface area contributed by atoms with Gasteiger partial charge in [-0.3, -0.25) is 0 Å². The number of nitrogens with two attached hydrogens (primary N) is 1. The van der Waals surface area contributed by atoms with Crippen molar-refractivity contribution in [1.82, 2.24) is 5.32 Å². The van der Waals surface area contributed by atoms with Crippen molar-refractivity contribution in [1.29, 1.82) is 0 Å². The van der Waals surface area contributed by atoms with Crippen LogP contribution in [0.4, 0.5) is 4.79 Å². The van der Waals surface area contributed by atoms with Gasteiger partial charge < -0.3 is 21.0 Å². The Kier molecular flexibility index (Phi) is 3.19. The van der Waals surface area contributed by atoms with Gasteiger partial charge in [0.05, 0.1) is 0 Å². The number of amides is 2. The summed E-state index contributed by atoms with van der Waals surface area (Å²) in [6, 6.07) is -0.726. The normalized spacial score (nSPS) is 8.44. The average molecular weight is 131 g/mol. The highest BCUT2D eigenvalue weighted by molar-refractivity contribution is 5.72. The lowest BCUT2D eigenvalue weighted by molar-refractivity contribution is -0.305. The molecule has 52 valence electrons. The molecule has 0 aliphatic heterocycles. The monoisotopic (exact) mass is 131 g/mol. The maximum Gasteiger partial charge on any atom is 0.312 e. The number of carboxylic acid groups (broad SMARTS) is 1. The molecule has 0 rings (SSSR count). The molecular formula is C4H7N2O3-. The van der Waals surface area contributed by atoms with Gasteiger partial charge in [0.15, 0.2) is 0 Å². The van der Waals surface area contributed by atoms with Crippen LogP contribution in [-0.2, 0) is 4.79 Å². The van der Waals surface area contributed by atoms with Crippen molar-refractivity contribution in [2.45, 2.75) is 6.42 Å². The van der Waals surface area contributed by atoms with Crippen LogP contribution in [0.2, 0.25) is 0 Å². The summed E-state index contributed by atoms with van der Waals surface area (Å²) in [5.41, 5.74) is 4.62. The van der Waals surface area contributed by atoms with Crippen molar-refractivity contribution in [3.05, 3.63) is 0 Å². The van der Waals surface area contributed by atoms with Gasteiger partial charge in [0.1, 0.15) is 0 Å². The minimum atomic E-state index is -1.20. The van der Waals surface area contributed by atoms with Crippen molar-refractivity contribution in [2.24, 2.45) is 5.73 Å². The minimum Gasteiger partial charge on any atom is -0.550 e. The van der Waals surface area contributed by atoms with Gasteiger partial charge in [0.25, 0.3) is 0 Å². The molecule has 0 spiro atoms. The van der Waals surface area contributed by atoms with Gasteiger partial charge >= 0.3 is 6.03 Å². The Labute approximate surface area is 51.8 Å². The molecule has 3 N–H and O–H groups in total. The molecule has 2 amide bonds. The third kappa shape index (κ3) is 6.74. The second-order valence-corrected chi connectivity index (χ2v) is 1.41. The topological polar surface area (TPSA) is 95.2 Å². The van der Waals surface area contributed by atoms with Crippen molar-refractivity contribution >= 4 is 12.0 Å². The molecule has 0 aromatic carbocycles. The first-order valence-corrected chi connectivity index (χ1v) is 2.36. The van der Waals surface area contributed by atoms with E-state index in [2.05, 4.69) is 11.1 Å². The zero-order chi connectivity index (χ0) is 7.28. The van der Waals surface area contributed by atoms with Crippen LogP contribution in [0, 0.1) is 0 Å². The number of nitrogens with one attached hydrogen (secondary N) is 1. The number of rotatable bonds is 3. The lowest BCUT2D eigenvalue weighted by Crippen LogP contribution is -2.34. The molecule has 0 unspecified atom stereocenters. The van der Waals surface area contributed by atoms with Crippen molar-refractivity contribution < 1.29 is 14.7 Å². The van der Waals surface area contributed by atoms with E-state index in [0.29, 0.717) is 0 Å². The first kappa shape index (κ1) is 7.74. The zero-order valence-electron chi connectivity index (χ0n) is 4.72. The summed E-state index contributed by atoms with van der Waals surface area (Å²) in [4.78, 5) is 19.6. The van der Waals surface area contributed by atoms with E-state index in [1.54, 1.807) is 0 Å². The second kappa shape index (κ2) is 3.71. The van der Waals surface area contributed by atoms with Gasteiger partial charge in [-0.15, -0.1) is 0 Å². The maximum absolute atomic E-state index is 9.88. The highest BCUT2D eigenvalue weighted by Gasteiger charge is 1.89. The molecule has 0 saturated carbocycles. The molecule has 9 heavy (non-hydrogen) atoms. The zero-order valence-corrected chi connectivity index (χ0v) is 4.72. The van der Waals surface area contributed by atoms with Crippen LogP contribution in [-0.4, -0.2) is 18.5 Å². The highest BCUT2D eigenvalue weighted by atomic mass is 16.4. The fourth-order valence-electron chi connectivity index (χ4n) is 0.288. The molecule has 0 saturated heterocycles. The van der Waals surface area contributed by atoms with Crippen LogP contribution in [0.25, 0.3) is 0 Å². The number of aliphatic carboxylic acids is 1. The van der Waals surface area contributed by atoms with Gasteiger partial charge in [-0.1, -0.05) is 0 Å². The number of urea groups is 1. The summed E-state index contributed by atoms with van der Waals surface area (Å²) in [6.07, 6.45) is -0.205. The molecule has 0 aromatic rings. The molecule has 0 aromatic heterocycles. The molecule has 0 radical (unpaired) electrons. The van der Waals surface area contributed by atoms with Crippen LogP contribution in [0.3, 0.4) is 0 Å². The van der Waals surface area contributed by atoms with E-state index in [9.17, 15) is 14.7 Å². The summed E-state index contributed by atoms with van der Waals surface area (Å²) in [5, 5.41) is 11.8. The molecule has 0 aliphatic carbocycles.